The summed E-state index contributed by atoms with van der Waals surface area (Å²) < 4.78 is 0. The van der Waals surface area contributed by atoms with Crippen LogP contribution >= 0.6 is 11.3 Å². The van der Waals surface area contributed by atoms with E-state index >= 15 is 0 Å². The molecule has 0 bridgehead atoms. The van der Waals surface area contributed by atoms with E-state index in [-0.39, 0.29) is 5.91 Å². The molecular weight excluding hydrogens is 266 g/mol. The molecule has 0 saturated carbocycles. The van der Waals surface area contributed by atoms with E-state index in [1.807, 2.05) is 22.9 Å². The smallest absolute Gasteiger partial charge is 0.248 e. The molecule has 0 aliphatic heterocycles. The van der Waals surface area contributed by atoms with Crippen molar-refractivity contribution in [1.29, 1.82) is 0 Å². The van der Waals surface area contributed by atoms with Crippen LogP contribution in [0.15, 0.2) is 41.1 Å². The normalized spacial score (nSPS) is 10.9. The van der Waals surface area contributed by atoms with E-state index in [2.05, 4.69) is 37.4 Å². The molecular formula is C17H19NOS. The van der Waals surface area contributed by atoms with Gasteiger partial charge < -0.3 is 5.32 Å². The molecule has 0 unspecified atom stereocenters. The van der Waals surface area contributed by atoms with E-state index in [0.29, 0.717) is 0 Å². The third kappa shape index (κ3) is 3.58. The average Bonchev–Trinajstić information content (AvgIpc) is 2.98. The Morgan fingerprint density at radius 3 is 2.45 bits per heavy atom. The van der Waals surface area contributed by atoms with Crippen LogP contribution in [0.25, 0.3) is 6.08 Å². The third-order valence-corrected chi connectivity index (χ3v) is 3.92. The van der Waals surface area contributed by atoms with Gasteiger partial charge in [-0.1, -0.05) is 32.0 Å². The summed E-state index contributed by atoms with van der Waals surface area (Å²) in [6.45, 7) is 4.21. The summed E-state index contributed by atoms with van der Waals surface area (Å²) >= 11 is 1.62. The van der Waals surface area contributed by atoms with Crippen molar-refractivity contribution >= 4 is 29.0 Å². The predicted molar refractivity (Wildman–Crippen MR) is 87.2 cm³/mol. The van der Waals surface area contributed by atoms with Crippen LogP contribution in [0.3, 0.4) is 0 Å². The minimum Gasteiger partial charge on any atom is -0.322 e. The number of rotatable bonds is 5. The molecule has 2 aromatic rings. The number of anilines is 1. The first-order chi connectivity index (χ1) is 9.74. The second-order valence-corrected chi connectivity index (χ2v) is 5.32. The lowest BCUT2D eigenvalue weighted by Gasteiger charge is -2.13. The number of carbonyl (C=O) groups is 1. The van der Waals surface area contributed by atoms with Gasteiger partial charge in [0.05, 0.1) is 0 Å². The molecule has 0 spiro atoms. The maximum absolute atomic E-state index is 12.0. The van der Waals surface area contributed by atoms with Crippen LogP contribution in [0.5, 0.6) is 0 Å². The van der Waals surface area contributed by atoms with Crippen LogP contribution < -0.4 is 5.32 Å². The van der Waals surface area contributed by atoms with Crippen molar-refractivity contribution in [2.45, 2.75) is 26.7 Å². The molecule has 0 saturated heterocycles. The van der Waals surface area contributed by atoms with Gasteiger partial charge in [-0.2, -0.15) is 11.3 Å². The molecule has 0 radical (unpaired) electrons. The third-order valence-electron chi connectivity index (χ3n) is 3.22. The molecule has 0 fully saturated rings. The molecule has 1 aromatic heterocycles. The summed E-state index contributed by atoms with van der Waals surface area (Å²) in [4.78, 5) is 12.0. The minimum atomic E-state index is -0.0770. The van der Waals surface area contributed by atoms with Gasteiger partial charge in [0, 0.05) is 11.8 Å². The quantitative estimate of drug-likeness (QED) is 0.804. The highest BCUT2D eigenvalue weighted by molar-refractivity contribution is 7.08. The predicted octanol–water partition coefficient (Wildman–Crippen LogP) is 4.52. The van der Waals surface area contributed by atoms with Gasteiger partial charge in [0.2, 0.25) is 5.91 Å². The zero-order valence-electron chi connectivity index (χ0n) is 11.8. The lowest BCUT2D eigenvalue weighted by Crippen LogP contribution is -2.11. The summed E-state index contributed by atoms with van der Waals surface area (Å²) in [5.74, 6) is -0.0770. The second-order valence-electron chi connectivity index (χ2n) is 4.54. The molecule has 0 atom stereocenters. The zero-order chi connectivity index (χ0) is 14.4. The lowest BCUT2D eigenvalue weighted by molar-refractivity contribution is -0.111. The van der Waals surface area contributed by atoms with Gasteiger partial charge in [-0.3, -0.25) is 4.79 Å². The molecule has 2 rings (SSSR count). The number of carbonyl (C=O) groups excluding carboxylic acids is 1. The molecule has 104 valence electrons. The fraction of sp³-hybridized carbons (Fsp3) is 0.235. The Hall–Kier alpha value is -1.87. The van der Waals surface area contributed by atoms with E-state index in [1.165, 1.54) is 11.1 Å². The van der Waals surface area contributed by atoms with Crippen molar-refractivity contribution < 1.29 is 4.79 Å². The number of hydrogen-bond acceptors (Lipinski definition) is 2. The van der Waals surface area contributed by atoms with Gasteiger partial charge in [0.25, 0.3) is 0 Å². The zero-order valence-corrected chi connectivity index (χ0v) is 12.7. The van der Waals surface area contributed by atoms with Gasteiger partial charge >= 0.3 is 0 Å². The maximum atomic E-state index is 12.0. The first-order valence-electron chi connectivity index (χ1n) is 6.86. The fourth-order valence-corrected chi connectivity index (χ4v) is 2.74. The Morgan fingerprint density at radius 2 is 1.90 bits per heavy atom. The van der Waals surface area contributed by atoms with Gasteiger partial charge in [0.1, 0.15) is 0 Å². The molecule has 2 nitrogen and oxygen atoms in total. The number of nitrogens with one attached hydrogen (secondary N) is 1. The Balaban J connectivity index is 2.15. The summed E-state index contributed by atoms with van der Waals surface area (Å²) in [5, 5.41) is 7.04. The van der Waals surface area contributed by atoms with Crippen molar-refractivity contribution in [3.05, 3.63) is 57.8 Å². The van der Waals surface area contributed by atoms with Crippen molar-refractivity contribution in [2.75, 3.05) is 5.32 Å². The maximum Gasteiger partial charge on any atom is 0.248 e. The molecule has 20 heavy (non-hydrogen) atoms. The molecule has 1 N–H and O–H groups in total. The number of hydrogen-bond donors (Lipinski definition) is 1. The van der Waals surface area contributed by atoms with E-state index in [0.717, 1.165) is 24.1 Å². The Bertz CT molecular complexity index is 577. The summed E-state index contributed by atoms with van der Waals surface area (Å²) in [6.07, 6.45) is 5.26. The Kier molecular flexibility index (Phi) is 5.13. The highest BCUT2D eigenvalue weighted by Gasteiger charge is 2.08. The number of benzene rings is 1. The van der Waals surface area contributed by atoms with Crippen LogP contribution in [0.1, 0.15) is 30.5 Å². The van der Waals surface area contributed by atoms with Crippen LogP contribution in [-0.2, 0) is 17.6 Å². The molecule has 1 amide bonds. The first-order valence-corrected chi connectivity index (χ1v) is 7.81. The van der Waals surface area contributed by atoms with Crippen LogP contribution in [0, 0.1) is 0 Å². The SMILES string of the molecule is CCc1cccc(CC)c1NC(=O)/C=C/c1ccsc1. The largest absolute Gasteiger partial charge is 0.322 e. The Morgan fingerprint density at radius 1 is 1.20 bits per heavy atom. The number of para-hydroxylation sites is 1. The van der Waals surface area contributed by atoms with E-state index in [1.54, 1.807) is 17.4 Å². The van der Waals surface area contributed by atoms with E-state index < -0.39 is 0 Å². The molecule has 0 aliphatic carbocycles. The van der Waals surface area contributed by atoms with Gasteiger partial charge in [0.15, 0.2) is 0 Å². The van der Waals surface area contributed by atoms with Gasteiger partial charge in [-0.25, -0.2) is 0 Å². The molecule has 0 aliphatic rings. The van der Waals surface area contributed by atoms with Crippen molar-refractivity contribution in [2.24, 2.45) is 0 Å². The minimum absolute atomic E-state index is 0.0770. The fourth-order valence-electron chi connectivity index (χ4n) is 2.11. The molecule has 1 heterocycles. The number of aryl methyl sites for hydroxylation is 2. The van der Waals surface area contributed by atoms with Gasteiger partial charge in [-0.15, -0.1) is 0 Å². The first kappa shape index (κ1) is 14.5. The number of amides is 1. The second kappa shape index (κ2) is 7.06. The summed E-state index contributed by atoms with van der Waals surface area (Å²) in [6, 6.07) is 8.18. The molecule has 3 heteroatoms. The monoisotopic (exact) mass is 285 g/mol. The van der Waals surface area contributed by atoms with Crippen LogP contribution in [0.2, 0.25) is 0 Å². The Labute approximate surface area is 124 Å². The van der Waals surface area contributed by atoms with Gasteiger partial charge in [-0.05, 0) is 52.4 Å². The van der Waals surface area contributed by atoms with E-state index in [4.69, 9.17) is 0 Å². The topological polar surface area (TPSA) is 29.1 Å². The highest BCUT2D eigenvalue weighted by atomic mass is 32.1. The standard InChI is InChI=1S/C17H19NOS/c1-3-14-6-5-7-15(4-2)17(14)18-16(19)9-8-13-10-11-20-12-13/h5-12H,3-4H2,1-2H3,(H,18,19)/b9-8+. The lowest BCUT2D eigenvalue weighted by atomic mass is 10.0. The van der Waals surface area contributed by atoms with Crippen molar-refractivity contribution in [3.8, 4) is 0 Å². The van der Waals surface area contributed by atoms with Crippen molar-refractivity contribution in [1.82, 2.24) is 0 Å². The highest BCUT2D eigenvalue weighted by Crippen LogP contribution is 2.22. The number of thiophene rings is 1. The van der Waals surface area contributed by atoms with Crippen molar-refractivity contribution in [3.63, 3.8) is 0 Å². The summed E-state index contributed by atoms with van der Waals surface area (Å²) in [7, 11) is 0. The average molecular weight is 285 g/mol. The van der Waals surface area contributed by atoms with Crippen LogP contribution in [0.4, 0.5) is 5.69 Å². The summed E-state index contributed by atoms with van der Waals surface area (Å²) in [5.41, 5.74) is 4.39. The molecule has 1 aromatic carbocycles. The van der Waals surface area contributed by atoms with Crippen LogP contribution in [-0.4, -0.2) is 5.91 Å². The van der Waals surface area contributed by atoms with E-state index in [9.17, 15) is 4.79 Å².